The summed E-state index contributed by atoms with van der Waals surface area (Å²) in [6.07, 6.45) is 4.45. The van der Waals surface area contributed by atoms with Gasteiger partial charge in [0.05, 0.1) is 18.6 Å². The van der Waals surface area contributed by atoms with E-state index in [-0.39, 0.29) is 25.6 Å². The van der Waals surface area contributed by atoms with Gasteiger partial charge in [-0.25, -0.2) is 4.79 Å². The highest BCUT2D eigenvalue weighted by Gasteiger charge is 2.41. The number of likely N-dealkylation sites (N-methyl/N-ethyl adjacent to an activating group) is 1. The van der Waals surface area contributed by atoms with Gasteiger partial charge in [-0.2, -0.15) is 0 Å². The highest BCUT2D eigenvalue weighted by molar-refractivity contribution is 5.76. The van der Waals surface area contributed by atoms with Crippen molar-refractivity contribution in [3.63, 3.8) is 0 Å². The lowest BCUT2D eigenvalue weighted by Gasteiger charge is -2.45. The predicted octanol–water partition coefficient (Wildman–Crippen LogP) is 1.14. The zero-order valence-corrected chi connectivity index (χ0v) is 11.8. The number of carbonyl (C=O) groups excluding carboxylic acids is 1. The van der Waals surface area contributed by atoms with Crippen LogP contribution in [0.25, 0.3) is 0 Å². The van der Waals surface area contributed by atoms with Gasteiger partial charge in [-0.3, -0.25) is 4.79 Å². The number of carboxylic acids is 1. The second-order valence-corrected chi connectivity index (χ2v) is 5.34. The molecule has 6 heteroatoms. The molecule has 0 radical (unpaired) electrons. The highest BCUT2D eigenvalue weighted by Crippen LogP contribution is 2.36. The standard InChI is InChI=1S/C13H24N2O4/c1-14(8-9-16)12(19)15(2)13(10-11(17)18)6-4-3-5-7-13/h16H,3-10H2,1-2H3,(H,17,18). The fourth-order valence-corrected chi connectivity index (χ4v) is 2.83. The number of aliphatic hydroxyl groups excluding tert-OH is 1. The second-order valence-electron chi connectivity index (χ2n) is 5.34. The number of hydrogen-bond acceptors (Lipinski definition) is 3. The molecule has 0 aromatic heterocycles. The summed E-state index contributed by atoms with van der Waals surface area (Å²) in [6.45, 7) is 0.161. The van der Waals surface area contributed by atoms with E-state index in [0.29, 0.717) is 0 Å². The number of rotatable bonds is 5. The summed E-state index contributed by atoms with van der Waals surface area (Å²) in [7, 11) is 3.29. The molecule has 2 amide bonds. The van der Waals surface area contributed by atoms with Crippen molar-refractivity contribution >= 4 is 12.0 Å². The molecule has 1 aliphatic carbocycles. The largest absolute Gasteiger partial charge is 0.481 e. The Hall–Kier alpha value is -1.30. The monoisotopic (exact) mass is 272 g/mol. The molecule has 2 N–H and O–H groups in total. The molecule has 0 aromatic carbocycles. The number of aliphatic carboxylic acids is 1. The summed E-state index contributed by atoms with van der Waals surface area (Å²) in [5.41, 5.74) is -0.578. The molecule has 0 saturated heterocycles. The maximum atomic E-state index is 12.3. The van der Waals surface area contributed by atoms with Crippen molar-refractivity contribution < 1.29 is 19.8 Å². The van der Waals surface area contributed by atoms with Crippen molar-refractivity contribution in [2.45, 2.75) is 44.1 Å². The summed E-state index contributed by atoms with van der Waals surface area (Å²) in [5.74, 6) is -0.869. The van der Waals surface area contributed by atoms with Crippen LogP contribution in [0.4, 0.5) is 4.79 Å². The Labute approximate surface area is 114 Å². The van der Waals surface area contributed by atoms with Crippen molar-refractivity contribution in [1.29, 1.82) is 0 Å². The normalized spacial score (nSPS) is 17.8. The number of urea groups is 1. The number of nitrogens with zero attached hydrogens (tertiary/aromatic N) is 2. The fraction of sp³-hybridized carbons (Fsp3) is 0.846. The summed E-state index contributed by atoms with van der Waals surface area (Å²) in [5, 5.41) is 18.0. The maximum Gasteiger partial charge on any atom is 0.320 e. The maximum absolute atomic E-state index is 12.3. The molecule has 0 aliphatic heterocycles. The van der Waals surface area contributed by atoms with Crippen LogP contribution in [0.3, 0.4) is 0 Å². The van der Waals surface area contributed by atoms with Crippen molar-refractivity contribution in [3.05, 3.63) is 0 Å². The second kappa shape index (κ2) is 6.75. The first kappa shape index (κ1) is 15.8. The molecule has 0 aromatic rings. The highest BCUT2D eigenvalue weighted by atomic mass is 16.4. The lowest BCUT2D eigenvalue weighted by molar-refractivity contribution is -0.140. The molecule has 0 bridgehead atoms. The van der Waals surface area contributed by atoms with Gasteiger partial charge in [0.25, 0.3) is 0 Å². The zero-order valence-electron chi connectivity index (χ0n) is 11.8. The first-order valence-corrected chi connectivity index (χ1v) is 6.74. The van der Waals surface area contributed by atoms with Gasteiger partial charge in [0, 0.05) is 20.6 Å². The number of carboxylic acid groups (broad SMARTS) is 1. The third-order valence-electron chi connectivity index (χ3n) is 4.02. The predicted molar refractivity (Wildman–Crippen MR) is 70.9 cm³/mol. The molecular formula is C13H24N2O4. The van der Waals surface area contributed by atoms with E-state index in [1.54, 1.807) is 19.0 Å². The summed E-state index contributed by atoms with van der Waals surface area (Å²) < 4.78 is 0. The number of hydrogen-bond donors (Lipinski definition) is 2. The van der Waals surface area contributed by atoms with Crippen LogP contribution < -0.4 is 0 Å². The van der Waals surface area contributed by atoms with Gasteiger partial charge < -0.3 is 20.0 Å². The molecule has 0 unspecified atom stereocenters. The van der Waals surface area contributed by atoms with Crippen LogP contribution in [-0.4, -0.2) is 64.8 Å². The van der Waals surface area contributed by atoms with E-state index >= 15 is 0 Å². The third kappa shape index (κ3) is 3.83. The molecule has 1 fully saturated rings. The average Bonchev–Trinajstić information content (AvgIpc) is 2.37. The Morgan fingerprint density at radius 2 is 1.74 bits per heavy atom. The van der Waals surface area contributed by atoms with Crippen molar-refractivity contribution in [3.8, 4) is 0 Å². The zero-order chi connectivity index (χ0) is 14.5. The van der Waals surface area contributed by atoms with E-state index in [1.165, 1.54) is 4.90 Å². The molecule has 110 valence electrons. The molecule has 0 atom stereocenters. The van der Waals surface area contributed by atoms with Gasteiger partial charge in [-0.1, -0.05) is 19.3 Å². The van der Waals surface area contributed by atoms with E-state index in [4.69, 9.17) is 10.2 Å². The number of carbonyl (C=O) groups is 2. The fourth-order valence-electron chi connectivity index (χ4n) is 2.83. The summed E-state index contributed by atoms with van der Waals surface area (Å²) >= 11 is 0. The molecule has 1 saturated carbocycles. The minimum Gasteiger partial charge on any atom is -0.481 e. The van der Waals surface area contributed by atoms with Gasteiger partial charge in [0.15, 0.2) is 0 Å². The Morgan fingerprint density at radius 3 is 2.21 bits per heavy atom. The van der Waals surface area contributed by atoms with Crippen molar-refractivity contribution in [2.24, 2.45) is 0 Å². The minimum absolute atomic E-state index is 0.0117. The van der Waals surface area contributed by atoms with Crippen LogP contribution in [0, 0.1) is 0 Å². The first-order valence-electron chi connectivity index (χ1n) is 6.74. The third-order valence-corrected chi connectivity index (χ3v) is 4.02. The van der Waals surface area contributed by atoms with Crippen LogP contribution in [0.1, 0.15) is 38.5 Å². The van der Waals surface area contributed by atoms with Gasteiger partial charge in [-0.15, -0.1) is 0 Å². The van der Waals surface area contributed by atoms with Crippen LogP contribution in [-0.2, 0) is 4.79 Å². The van der Waals surface area contributed by atoms with E-state index in [2.05, 4.69) is 0 Å². The molecule has 6 nitrogen and oxygen atoms in total. The Balaban J connectivity index is 2.84. The summed E-state index contributed by atoms with van der Waals surface area (Å²) in [4.78, 5) is 26.4. The van der Waals surface area contributed by atoms with E-state index in [9.17, 15) is 9.59 Å². The quantitative estimate of drug-likeness (QED) is 0.786. The van der Waals surface area contributed by atoms with Gasteiger partial charge in [0.2, 0.25) is 0 Å². The van der Waals surface area contributed by atoms with Crippen LogP contribution in [0.5, 0.6) is 0 Å². The van der Waals surface area contributed by atoms with Gasteiger partial charge >= 0.3 is 12.0 Å². The Bertz CT molecular complexity index is 327. The van der Waals surface area contributed by atoms with Crippen molar-refractivity contribution in [2.75, 3.05) is 27.2 Å². The molecule has 19 heavy (non-hydrogen) atoms. The molecule has 1 aliphatic rings. The van der Waals surface area contributed by atoms with Crippen molar-refractivity contribution in [1.82, 2.24) is 9.80 Å². The van der Waals surface area contributed by atoms with Crippen LogP contribution >= 0.6 is 0 Å². The number of aliphatic hydroxyl groups is 1. The Morgan fingerprint density at radius 1 is 1.16 bits per heavy atom. The smallest absolute Gasteiger partial charge is 0.320 e. The first-order chi connectivity index (χ1) is 8.93. The molecular weight excluding hydrogens is 248 g/mol. The lowest BCUT2D eigenvalue weighted by Crippen LogP contribution is -2.55. The van der Waals surface area contributed by atoms with Crippen LogP contribution in [0.2, 0.25) is 0 Å². The van der Waals surface area contributed by atoms with E-state index < -0.39 is 11.5 Å². The Kier molecular flexibility index (Phi) is 5.60. The average molecular weight is 272 g/mol. The van der Waals surface area contributed by atoms with E-state index in [1.807, 2.05) is 0 Å². The summed E-state index contributed by atoms with van der Waals surface area (Å²) in [6, 6.07) is -0.225. The SMILES string of the molecule is CN(CCO)C(=O)N(C)C1(CC(=O)O)CCCCC1. The molecule has 1 rings (SSSR count). The topological polar surface area (TPSA) is 81.1 Å². The number of amides is 2. The lowest BCUT2D eigenvalue weighted by atomic mass is 9.78. The van der Waals surface area contributed by atoms with Gasteiger partial charge in [0.1, 0.15) is 0 Å². The molecule has 0 heterocycles. The molecule has 0 spiro atoms. The van der Waals surface area contributed by atoms with Gasteiger partial charge in [-0.05, 0) is 12.8 Å². The van der Waals surface area contributed by atoms with E-state index in [0.717, 1.165) is 32.1 Å². The van der Waals surface area contributed by atoms with Crippen LogP contribution in [0.15, 0.2) is 0 Å². The minimum atomic E-state index is -0.869.